The molecular weight excluding hydrogens is 364 g/mol. The summed E-state index contributed by atoms with van der Waals surface area (Å²) in [7, 11) is 1.74. The quantitative estimate of drug-likeness (QED) is 0.782. The number of amides is 2. The van der Waals surface area contributed by atoms with E-state index in [1.807, 2.05) is 0 Å². The SMILES string of the molecule is CN(CCO)C1=C(c2ccc(Cl)cc2)C(=O)N(C2CCCCCCC2)C1=O. The van der Waals surface area contributed by atoms with Crippen LogP contribution in [0.15, 0.2) is 30.0 Å². The van der Waals surface area contributed by atoms with E-state index >= 15 is 0 Å². The summed E-state index contributed by atoms with van der Waals surface area (Å²) >= 11 is 5.99. The maximum atomic E-state index is 13.3. The van der Waals surface area contributed by atoms with Crippen molar-refractivity contribution >= 4 is 29.0 Å². The molecule has 0 aromatic heterocycles. The molecule has 27 heavy (non-hydrogen) atoms. The third kappa shape index (κ3) is 4.19. The molecule has 1 N–H and O–H groups in total. The Morgan fingerprint density at radius 1 is 1.04 bits per heavy atom. The number of nitrogens with zero attached hydrogens (tertiary/aromatic N) is 2. The van der Waals surface area contributed by atoms with E-state index in [9.17, 15) is 14.7 Å². The molecular formula is C21H27ClN2O3. The number of hydrogen-bond acceptors (Lipinski definition) is 4. The molecule has 3 rings (SSSR count). The minimum absolute atomic E-state index is 0.0485. The van der Waals surface area contributed by atoms with Gasteiger partial charge in [0.15, 0.2) is 0 Å². The van der Waals surface area contributed by atoms with Crippen LogP contribution in [0.1, 0.15) is 50.5 Å². The fourth-order valence-electron chi connectivity index (χ4n) is 4.05. The smallest absolute Gasteiger partial charge is 0.278 e. The Labute approximate surface area is 165 Å². The van der Waals surface area contributed by atoms with Gasteiger partial charge in [0.05, 0.1) is 12.2 Å². The molecule has 146 valence electrons. The highest BCUT2D eigenvalue weighted by atomic mass is 35.5. The normalized spacial score (nSPS) is 19.4. The maximum absolute atomic E-state index is 13.3. The van der Waals surface area contributed by atoms with Crippen LogP contribution in [0.4, 0.5) is 0 Å². The largest absolute Gasteiger partial charge is 0.395 e. The van der Waals surface area contributed by atoms with Gasteiger partial charge in [-0.25, -0.2) is 0 Å². The predicted molar refractivity (Wildman–Crippen MR) is 106 cm³/mol. The molecule has 1 heterocycles. The van der Waals surface area contributed by atoms with E-state index in [0.717, 1.165) is 38.5 Å². The zero-order chi connectivity index (χ0) is 19.4. The van der Waals surface area contributed by atoms with Gasteiger partial charge in [-0.05, 0) is 30.5 Å². The number of carbonyl (C=O) groups is 2. The van der Waals surface area contributed by atoms with E-state index in [1.165, 1.54) is 11.3 Å². The fourth-order valence-corrected chi connectivity index (χ4v) is 4.18. The second-order valence-corrected chi connectivity index (χ2v) is 7.79. The molecule has 1 aromatic carbocycles. The van der Waals surface area contributed by atoms with Gasteiger partial charge in [-0.1, -0.05) is 55.8 Å². The molecule has 2 amide bonds. The summed E-state index contributed by atoms with van der Waals surface area (Å²) in [4.78, 5) is 29.8. The van der Waals surface area contributed by atoms with Gasteiger partial charge in [0.25, 0.3) is 11.8 Å². The Bertz CT molecular complexity index is 721. The van der Waals surface area contributed by atoms with Crippen molar-refractivity contribution in [2.75, 3.05) is 20.2 Å². The number of carbonyl (C=O) groups excluding carboxylic acids is 2. The zero-order valence-electron chi connectivity index (χ0n) is 15.8. The lowest BCUT2D eigenvalue weighted by Crippen LogP contribution is -2.42. The first-order valence-corrected chi connectivity index (χ1v) is 10.1. The second kappa shape index (κ2) is 8.89. The van der Waals surface area contributed by atoms with Gasteiger partial charge in [0.1, 0.15) is 5.70 Å². The highest BCUT2D eigenvalue weighted by Crippen LogP contribution is 2.35. The van der Waals surface area contributed by atoms with Gasteiger partial charge in [-0.15, -0.1) is 0 Å². The monoisotopic (exact) mass is 390 g/mol. The average molecular weight is 391 g/mol. The van der Waals surface area contributed by atoms with Gasteiger partial charge in [-0.2, -0.15) is 0 Å². The third-order valence-electron chi connectivity index (χ3n) is 5.48. The molecule has 6 heteroatoms. The Kier molecular flexibility index (Phi) is 6.55. The van der Waals surface area contributed by atoms with Gasteiger partial charge >= 0.3 is 0 Å². The lowest BCUT2D eigenvalue weighted by Gasteiger charge is -2.29. The van der Waals surface area contributed by atoms with Crippen molar-refractivity contribution in [3.63, 3.8) is 0 Å². The molecule has 0 radical (unpaired) electrons. The topological polar surface area (TPSA) is 60.9 Å². The maximum Gasteiger partial charge on any atom is 0.278 e. The predicted octanol–water partition coefficient (Wildman–Crippen LogP) is 3.46. The van der Waals surface area contributed by atoms with Gasteiger partial charge in [-0.3, -0.25) is 14.5 Å². The van der Waals surface area contributed by atoms with Crippen molar-refractivity contribution in [3.8, 4) is 0 Å². The molecule has 1 aromatic rings. The summed E-state index contributed by atoms with van der Waals surface area (Å²) in [6.07, 6.45) is 7.35. The molecule has 1 saturated carbocycles. The van der Waals surface area contributed by atoms with Gasteiger partial charge in [0.2, 0.25) is 0 Å². The van der Waals surface area contributed by atoms with Crippen molar-refractivity contribution in [3.05, 3.63) is 40.5 Å². The first kappa shape index (κ1) is 19.9. The van der Waals surface area contributed by atoms with Crippen molar-refractivity contribution in [1.82, 2.24) is 9.80 Å². The summed E-state index contributed by atoms with van der Waals surface area (Å²) in [6, 6.07) is 6.95. The molecule has 0 bridgehead atoms. The van der Waals surface area contributed by atoms with Crippen LogP contribution >= 0.6 is 11.6 Å². The summed E-state index contributed by atoms with van der Waals surface area (Å²) < 4.78 is 0. The Hall–Kier alpha value is -1.85. The van der Waals surface area contributed by atoms with E-state index in [0.29, 0.717) is 28.4 Å². The summed E-state index contributed by atoms with van der Waals surface area (Å²) in [6.45, 7) is 0.211. The van der Waals surface area contributed by atoms with Crippen LogP contribution in [0.5, 0.6) is 0 Å². The molecule has 0 spiro atoms. The first-order chi connectivity index (χ1) is 13.0. The van der Waals surface area contributed by atoms with E-state index in [1.54, 1.807) is 36.2 Å². The van der Waals surface area contributed by atoms with Gasteiger partial charge < -0.3 is 10.0 Å². The van der Waals surface area contributed by atoms with E-state index < -0.39 is 0 Å². The lowest BCUT2D eigenvalue weighted by molar-refractivity contribution is -0.140. The molecule has 1 aliphatic heterocycles. The number of aliphatic hydroxyl groups is 1. The zero-order valence-corrected chi connectivity index (χ0v) is 16.5. The fraction of sp³-hybridized carbons (Fsp3) is 0.524. The summed E-state index contributed by atoms with van der Waals surface area (Å²) in [5.41, 5.74) is 1.47. The Balaban J connectivity index is 1.98. The summed E-state index contributed by atoms with van der Waals surface area (Å²) in [5, 5.41) is 9.92. The highest BCUT2D eigenvalue weighted by molar-refractivity contribution is 6.36. The number of imide groups is 1. The van der Waals surface area contributed by atoms with Crippen LogP contribution in [0, 0.1) is 0 Å². The Morgan fingerprint density at radius 2 is 1.63 bits per heavy atom. The standard InChI is InChI=1S/C21H27ClN2O3/c1-23(13-14-25)19-18(15-9-11-16(22)12-10-15)20(26)24(21(19)27)17-7-5-3-2-4-6-8-17/h9-12,17,25H,2-8,13-14H2,1H3. The lowest BCUT2D eigenvalue weighted by atomic mass is 9.95. The molecule has 1 fully saturated rings. The van der Waals surface area contributed by atoms with Crippen molar-refractivity contribution in [2.45, 2.75) is 51.0 Å². The Morgan fingerprint density at radius 3 is 2.22 bits per heavy atom. The van der Waals surface area contributed by atoms with Crippen LogP contribution in [-0.4, -0.2) is 53.0 Å². The van der Waals surface area contributed by atoms with Crippen molar-refractivity contribution in [1.29, 1.82) is 0 Å². The first-order valence-electron chi connectivity index (χ1n) is 9.74. The number of likely N-dealkylation sites (N-methyl/N-ethyl adjacent to an activating group) is 1. The third-order valence-corrected chi connectivity index (χ3v) is 5.73. The molecule has 0 unspecified atom stereocenters. The van der Waals surface area contributed by atoms with E-state index in [2.05, 4.69) is 0 Å². The highest BCUT2D eigenvalue weighted by Gasteiger charge is 2.43. The van der Waals surface area contributed by atoms with Crippen molar-refractivity contribution < 1.29 is 14.7 Å². The minimum atomic E-state index is -0.244. The van der Waals surface area contributed by atoms with E-state index in [-0.39, 0.29) is 24.5 Å². The van der Waals surface area contributed by atoms with Crippen LogP contribution in [0.3, 0.4) is 0 Å². The van der Waals surface area contributed by atoms with Crippen LogP contribution in [-0.2, 0) is 9.59 Å². The molecule has 2 aliphatic rings. The number of hydrogen-bond donors (Lipinski definition) is 1. The molecule has 1 aliphatic carbocycles. The molecule has 5 nitrogen and oxygen atoms in total. The number of benzene rings is 1. The number of halogens is 1. The minimum Gasteiger partial charge on any atom is -0.395 e. The van der Waals surface area contributed by atoms with E-state index in [4.69, 9.17) is 11.6 Å². The number of aliphatic hydroxyl groups excluding tert-OH is 1. The molecule has 0 atom stereocenters. The van der Waals surface area contributed by atoms with Crippen LogP contribution in [0.25, 0.3) is 5.57 Å². The van der Waals surface area contributed by atoms with Crippen LogP contribution in [0.2, 0.25) is 5.02 Å². The molecule has 0 saturated heterocycles. The van der Waals surface area contributed by atoms with Gasteiger partial charge in [0, 0.05) is 24.7 Å². The number of rotatable bonds is 5. The van der Waals surface area contributed by atoms with Crippen molar-refractivity contribution in [2.24, 2.45) is 0 Å². The second-order valence-electron chi connectivity index (χ2n) is 7.35. The van der Waals surface area contributed by atoms with Crippen LogP contribution < -0.4 is 0 Å². The summed E-state index contributed by atoms with van der Waals surface area (Å²) in [5.74, 6) is -0.473. The average Bonchev–Trinajstić information content (AvgIpc) is 2.87.